The van der Waals surface area contributed by atoms with Gasteiger partial charge in [0.25, 0.3) is 5.91 Å². The minimum absolute atomic E-state index is 0.173. The Morgan fingerprint density at radius 1 is 1.47 bits per heavy atom. The van der Waals surface area contributed by atoms with Gasteiger partial charge in [-0.25, -0.2) is 4.39 Å². The molecule has 102 valence electrons. The van der Waals surface area contributed by atoms with Crippen molar-refractivity contribution in [3.05, 3.63) is 35.1 Å². The van der Waals surface area contributed by atoms with Gasteiger partial charge in [-0.1, -0.05) is 18.8 Å². The van der Waals surface area contributed by atoms with Gasteiger partial charge < -0.3 is 11.1 Å². The lowest BCUT2D eigenvalue weighted by molar-refractivity contribution is 0.0911. The fourth-order valence-corrected chi connectivity index (χ4v) is 1.37. The first-order valence-electron chi connectivity index (χ1n) is 6.20. The van der Waals surface area contributed by atoms with E-state index in [2.05, 4.69) is 17.2 Å². The molecule has 0 aliphatic carbocycles. The third-order valence-electron chi connectivity index (χ3n) is 2.89. The standard InChI is InChI=1S/C15H19FN2O/c1-4-15(2,3)18-14(19)12-8-7-11(6-5-9-17)13(16)10-12/h7-8,10H,4,9,17H2,1-3H3,(H,18,19). The maximum absolute atomic E-state index is 13.7. The predicted octanol–water partition coefficient (Wildman–Crippen LogP) is 2.05. The summed E-state index contributed by atoms with van der Waals surface area (Å²) in [6, 6.07) is 4.25. The SMILES string of the molecule is CCC(C)(C)NC(=O)c1ccc(C#CCN)c(F)c1. The molecule has 1 aromatic rings. The summed E-state index contributed by atoms with van der Waals surface area (Å²) in [6.07, 6.45) is 0.793. The highest BCUT2D eigenvalue weighted by Gasteiger charge is 2.19. The Bertz CT molecular complexity index is 527. The molecule has 0 radical (unpaired) electrons. The van der Waals surface area contributed by atoms with E-state index in [9.17, 15) is 9.18 Å². The molecule has 19 heavy (non-hydrogen) atoms. The summed E-state index contributed by atoms with van der Waals surface area (Å²) < 4.78 is 13.7. The molecule has 1 aromatic carbocycles. The molecular weight excluding hydrogens is 243 g/mol. The number of amides is 1. The van der Waals surface area contributed by atoms with Crippen molar-refractivity contribution in [1.82, 2.24) is 5.32 Å². The number of benzene rings is 1. The number of nitrogens with one attached hydrogen (secondary N) is 1. The molecule has 0 atom stereocenters. The Kier molecular flexibility index (Phi) is 5.08. The summed E-state index contributed by atoms with van der Waals surface area (Å²) in [4.78, 5) is 12.0. The molecule has 0 saturated carbocycles. The summed E-state index contributed by atoms with van der Waals surface area (Å²) in [7, 11) is 0. The zero-order chi connectivity index (χ0) is 14.5. The minimum atomic E-state index is -0.511. The molecule has 0 heterocycles. The second kappa shape index (κ2) is 6.35. The van der Waals surface area contributed by atoms with Crippen LogP contribution in [0.4, 0.5) is 4.39 Å². The highest BCUT2D eigenvalue weighted by atomic mass is 19.1. The summed E-state index contributed by atoms with van der Waals surface area (Å²) in [5.41, 5.74) is 5.45. The van der Waals surface area contributed by atoms with E-state index in [-0.39, 0.29) is 29.1 Å². The van der Waals surface area contributed by atoms with Crippen LogP contribution in [0.25, 0.3) is 0 Å². The topological polar surface area (TPSA) is 55.1 Å². The molecule has 0 bridgehead atoms. The fourth-order valence-electron chi connectivity index (χ4n) is 1.37. The molecule has 4 heteroatoms. The molecule has 0 unspecified atom stereocenters. The summed E-state index contributed by atoms with van der Waals surface area (Å²) in [5, 5.41) is 2.85. The predicted molar refractivity (Wildman–Crippen MR) is 74.2 cm³/mol. The van der Waals surface area contributed by atoms with E-state index in [0.29, 0.717) is 0 Å². The number of rotatable bonds is 3. The molecule has 0 aromatic heterocycles. The lowest BCUT2D eigenvalue weighted by Gasteiger charge is -2.24. The molecule has 0 aliphatic rings. The van der Waals surface area contributed by atoms with Gasteiger partial charge in [-0.2, -0.15) is 0 Å². The molecule has 0 spiro atoms. The van der Waals surface area contributed by atoms with Crippen molar-refractivity contribution in [3.63, 3.8) is 0 Å². The zero-order valence-corrected chi connectivity index (χ0v) is 11.5. The van der Waals surface area contributed by atoms with E-state index in [1.807, 2.05) is 20.8 Å². The number of carbonyl (C=O) groups excluding carboxylic acids is 1. The Morgan fingerprint density at radius 2 is 2.16 bits per heavy atom. The lowest BCUT2D eigenvalue weighted by Crippen LogP contribution is -2.42. The largest absolute Gasteiger partial charge is 0.347 e. The van der Waals surface area contributed by atoms with Gasteiger partial charge in [0.2, 0.25) is 0 Å². The van der Waals surface area contributed by atoms with E-state index < -0.39 is 5.82 Å². The van der Waals surface area contributed by atoms with E-state index in [0.717, 1.165) is 6.42 Å². The number of carbonyl (C=O) groups is 1. The second-order valence-electron chi connectivity index (χ2n) is 4.89. The Morgan fingerprint density at radius 3 is 2.68 bits per heavy atom. The van der Waals surface area contributed by atoms with Crippen molar-refractivity contribution in [3.8, 4) is 11.8 Å². The number of halogens is 1. The van der Waals surface area contributed by atoms with Crippen LogP contribution in [0, 0.1) is 17.7 Å². The molecule has 0 aliphatic heterocycles. The van der Waals surface area contributed by atoms with Crippen molar-refractivity contribution >= 4 is 5.91 Å². The number of hydrogen-bond acceptors (Lipinski definition) is 2. The van der Waals surface area contributed by atoms with Crippen LogP contribution in [0.1, 0.15) is 43.1 Å². The van der Waals surface area contributed by atoms with Crippen LogP contribution in [0.3, 0.4) is 0 Å². The van der Waals surface area contributed by atoms with Gasteiger partial charge in [0.15, 0.2) is 0 Å². The van der Waals surface area contributed by atoms with E-state index >= 15 is 0 Å². The third-order valence-corrected chi connectivity index (χ3v) is 2.89. The first-order chi connectivity index (χ1) is 8.89. The molecule has 0 fully saturated rings. The summed E-state index contributed by atoms with van der Waals surface area (Å²) in [5.74, 6) is 4.40. The quantitative estimate of drug-likeness (QED) is 0.819. The first kappa shape index (κ1) is 15.2. The van der Waals surface area contributed by atoms with Gasteiger partial charge in [0, 0.05) is 11.1 Å². The van der Waals surface area contributed by atoms with E-state index in [4.69, 9.17) is 5.73 Å². The van der Waals surface area contributed by atoms with Crippen LogP contribution in [0.2, 0.25) is 0 Å². The summed E-state index contributed by atoms with van der Waals surface area (Å²) in [6.45, 7) is 5.99. The molecule has 1 rings (SSSR count). The van der Waals surface area contributed by atoms with Gasteiger partial charge in [-0.15, -0.1) is 0 Å². The van der Waals surface area contributed by atoms with Crippen LogP contribution in [-0.4, -0.2) is 18.0 Å². The molecule has 3 N–H and O–H groups in total. The van der Waals surface area contributed by atoms with Crippen molar-refractivity contribution in [2.24, 2.45) is 5.73 Å². The fraction of sp³-hybridized carbons (Fsp3) is 0.400. The third kappa shape index (κ3) is 4.38. The monoisotopic (exact) mass is 262 g/mol. The maximum Gasteiger partial charge on any atom is 0.251 e. The van der Waals surface area contributed by atoms with Crippen molar-refractivity contribution < 1.29 is 9.18 Å². The lowest BCUT2D eigenvalue weighted by atomic mass is 10.0. The van der Waals surface area contributed by atoms with Gasteiger partial charge in [0.1, 0.15) is 5.82 Å². The highest BCUT2D eigenvalue weighted by molar-refractivity contribution is 5.94. The van der Waals surface area contributed by atoms with Crippen LogP contribution in [-0.2, 0) is 0 Å². The Labute approximate surface area is 113 Å². The zero-order valence-electron chi connectivity index (χ0n) is 11.5. The summed E-state index contributed by atoms with van der Waals surface area (Å²) >= 11 is 0. The van der Waals surface area contributed by atoms with Gasteiger partial charge in [-0.3, -0.25) is 4.79 Å². The average Bonchev–Trinajstić information content (AvgIpc) is 2.36. The second-order valence-corrected chi connectivity index (χ2v) is 4.89. The van der Waals surface area contributed by atoms with Crippen LogP contribution >= 0.6 is 0 Å². The number of hydrogen-bond donors (Lipinski definition) is 2. The maximum atomic E-state index is 13.7. The van der Waals surface area contributed by atoms with Crippen molar-refractivity contribution in [2.45, 2.75) is 32.7 Å². The van der Waals surface area contributed by atoms with Crippen molar-refractivity contribution in [2.75, 3.05) is 6.54 Å². The molecule has 3 nitrogen and oxygen atoms in total. The molecule has 1 amide bonds. The molecular formula is C15H19FN2O. The van der Waals surface area contributed by atoms with Gasteiger partial charge >= 0.3 is 0 Å². The van der Waals surface area contributed by atoms with Crippen molar-refractivity contribution in [1.29, 1.82) is 0 Å². The first-order valence-corrected chi connectivity index (χ1v) is 6.20. The minimum Gasteiger partial charge on any atom is -0.347 e. The highest BCUT2D eigenvalue weighted by Crippen LogP contribution is 2.12. The van der Waals surface area contributed by atoms with Gasteiger partial charge in [0.05, 0.1) is 12.1 Å². The van der Waals surface area contributed by atoms with E-state index in [1.54, 1.807) is 6.07 Å². The van der Waals surface area contributed by atoms with E-state index in [1.165, 1.54) is 12.1 Å². The number of nitrogens with two attached hydrogens (primary N) is 1. The van der Waals surface area contributed by atoms with Crippen LogP contribution < -0.4 is 11.1 Å². The Hall–Kier alpha value is -1.86. The van der Waals surface area contributed by atoms with Crippen LogP contribution in [0.15, 0.2) is 18.2 Å². The van der Waals surface area contributed by atoms with Crippen LogP contribution in [0.5, 0.6) is 0 Å². The molecule has 0 saturated heterocycles. The Balaban J connectivity index is 2.92. The normalized spacial score (nSPS) is 10.6. The average molecular weight is 262 g/mol. The smallest absolute Gasteiger partial charge is 0.251 e. The van der Waals surface area contributed by atoms with Gasteiger partial charge in [-0.05, 0) is 38.5 Å².